The fourth-order valence-corrected chi connectivity index (χ4v) is 6.79. The van der Waals surface area contributed by atoms with E-state index in [-0.39, 0.29) is 37.0 Å². The molecule has 0 spiro atoms. The van der Waals surface area contributed by atoms with Crippen LogP contribution in [0.15, 0.2) is 29.2 Å². The van der Waals surface area contributed by atoms with Gasteiger partial charge in [0.2, 0.25) is 15.9 Å². The van der Waals surface area contributed by atoms with Crippen molar-refractivity contribution >= 4 is 26.1 Å². The Morgan fingerprint density at radius 3 is 1.90 bits per heavy atom. The predicted octanol–water partition coefficient (Wildman–Crippen LogP) is 0.927. The van der Waals surface area contributed by atoms with Gasteiger partial charge >= 0.3 is 0 Å². The van der Waals surface area contributed by atoms with Crippen LogP contribution < -0.4 is 4.72 Å². The molecule has 0 aliphatic carbocycles. The number of amides is 1. The monoisotopic (exact) mass is 472 g/mol. The Balaban J connectivity index is 1.57. The number of hydrogen-bond donors (Lipinski definition) is 1. The number of piperazine rings is 1. The summed E-state index contributed by atoms with van der Waals surface area (Å²) >= 11 is 0. The lowest BCUT2D eigenvalue weighted by molar-refractivity contribution is -0.133. The molecule has 1 aromatic carbocycles. The molecule has 2 aliphatic heterocycles. The molecule has 0 bridgehead atoms. The molecular formula is C20H32N4O5S2. The van der Waals surface area contributed by atoms with Gasteiger partial charge in [-0.05, 0) is 38.8 Å². The van der Waals surface area contributed by atoms with Crippen LogP contribution in [0.5, 0.6) is 0 Å². The van der Waals surface area contributed by atoms with Crippen LogP contribution in [0, 0.1) is 6.92 Å². The summed E-state index contributed by atoms with van der Waals surface area (Å²) in [5.74, 6) is -0.359. The number of aryl methyl sites for hydroxylation is 1. The first-order valence-corrected chi connectivity index (χ1v) is 13.6. The number of sulfonamides is 1. The molecule has 1 N–H and O–H groups in total. The van der Waals surface area contributed by atoms with E-state index in [1.165, 1.54) is 28.3 Å². The van der Waals surface area contributed by atoms with E-state index >= 15 is 0 Å². The Morgan fingerprint density at radius 2 is 1.35 bits per heavy atom. The summed E-state index contributed by atoms with van der Waals surface area (Å²) in [6.45, 7) is 5.35. The summed E-state index contributed by atoms with van der Waals surface area (Å²) in [7, 11) is -7.35. The number of benzene rings is 1. The Morgan fingerprint density at radius 1 is 0.839 bits per heavy atom. The highest BCUT2D eigenvalue weighted by molar-refractivity contribution is 7.89. The van der Waals surface area contributed by atoms with Crippen molar-refractivity contribution in [2.45, 2.75) is 50.5 Å². The van der Waals surface area contributed by atoms with E-state index in [2.05, 4.69) is 4.72 Å². The van der Waals surface area contributed by atoms with Crippen molar-refractivity contribution in [1.82, 2.24) is 18.2 Å². The van der Waals surface area contributed by atoms with E-state index in [0.29, 0.717) is 13.1 Å². The highest BCUT2D eigenvalue weighted by Gasteiger charge is 2.35. The van der Waals surface area contributed by atoms with Crippen molar-refractivity contribution in [2.75, 3.05) is 39.3 Å². The second kappa shape index (κ2) is 9.95. The average Bonchev–Trinajstić information content (AvgIpc) is 3.03. The molecule has 0 saturated carbocycles. The van der Waals surface area contributed by atoms with Gasteiger partial charge in [0, 0.05) is 39.3 Å². The second-order valence-corrected chi connectivity index (χ2v) is 11.8. The van der Waals surface area contributed by atoms with Crippen LogP contribution >= 0.6 is 0 Å². The van der Waals surface area contributed by atoms with Crippen LogP contribution in [0.2, 0.25) is 0 Å². The summed E-state index contributed by atoms with van der Waals surface area (Å²) in [5, 5.41) is 0. The van der Waals surface area contributed by atoms with E-state index in [1.807, 2.05) is 6.92 Å². The van der Waals surface area contributed by atoms with E-state index in [1.54, 1.807) is 16.4 Å². The molecule has 1 atom stereocenters. The van der Waals surface area contributed by atoms with Crippen molar-refractivity contribution in [3.63, 3.8) is 0 Å². The van der Waals surface area contributed by atoms with Gasteiger partial charge in [0.15, 0.2) is 0 Å². The number of rotatable bonds is 6. The van der Waals surface area contributed by atoms with E-state index in [0.717, 1.165) is 31.2 Å². The van der Waals surface area contributed by atoms with Gasteiger partial charge in [-0.25, -0.2) is 8.42 Å². The highest BCUT2D eigenvalue weighted by Crippen LogP contribution is 2.18. The summed E-state index contributed by atoms with van der Waals surface area (Å²) in [6.07, 6.45) is 3.84. The molecule has 3 rings (SSSR count). The van der Waals surface area contributed by atoms with Gasteiger partial charge in [-0.3, -0.25) is 4.79 Å². The minimum Gasteiger partial charge on any atom is -0.339 e. The Bertz CT molecular complexity index is 963. The first kappa shape index (κ1) is 24.1. The van der Waals surface area contributed by atoms with Gasteiger partial charge in [0.05, 0.1) is 10.9 Å². The maximum atomic E-state index is 12.9. The molecule has 31 heavy (non-hydrogen) atoms. The van der Waals surface area contributed by atoms with Crippen LogP contribution in [0.4, 0.5) is 0 Å². The van der Waals surface area contributed by atoms with E-state index in [4.69, 9.17) is 0 Å². The fourth-order valence-electron chi connectivity index (χ4n) is 3.92. The Labute approximate surface area is 185 Å². The molecule has 2 fully saturated rings. The van der Waals surface area contributed by atoms with Crippen LogP contribution in [-0.2, 0) is 25.0 Å². The fraction of sp³-hybridized carbons (Fsp3) is 0.650. The molecule has 2 heterocycles. The molecule has 174 valence electrons. The van der Waals surface area contributed by atoms with Crippen LogP contribution in [0.1, 0.15) is 38.2 Å². The number of nitrogens with one attached hydrogen (secondary N) is 1. The molecular weight excluding hydrogens is 440 g/mol. The van der Waals surface area contributed by atoms with Crippen LogP contribution in [-0.4, -0.2) is 81.6 Å². The third-order valence-electron chi connectivity index (χ3n) is 5.80. The Kier molecular flexibility index (Phi) is 7.74. The zero-order valence-corrected chi connectivity index (χ0v) is 19.8. The maximum Gasteiger partial charge on any atom is 0.282 e. The zero-order valence-electron chi connectivity index (χ0n) is 18.2. The van der Waals surface area contributed by atoms with Gasteiger partial charge in [-0.1, -0.05) is 30.5 Å². The summed E-state index contributed by atoms with van der Waals surface area (Å²) in [5.41, 5.74) is 0.941. The first-order chi connectivity index (χ1) is 14.6. The number of carbonyl (C=O) groups is 1. The van der Waals surface area contributed by atoms with Crippen LogP contribution in [0.3, 0.4) is 0 Å². The minimum atomic E-state index is -3.82. The second-order valence-electron chi connectivity index (χ2n) is 8.20. The molecule has 0 aromatic heterocycles. The molecule has 2 aliphatic rings. The van der Waals surface area contributed by atoms with Crippen molar-refractivity contribution < 1.29 is 21.6 Å². The van der Waals surface area contributed by atoms with Crippen LogP contribution in [0.25, 0.3) is 0 Å². The lowest BCUT2D eigenvalue weighted by Gasteiger charge is -2.37. The normalized spacial score (nSPS) is 20.9. The third-order valence-corrected chi connectivity index (χ3v) is 9.39. The van der Waals surface area contributed by atoms with E-state index < -0.39 is 26.3 Å². The summed E-state index contributed by atoms with van der Waals surface area (Å²) in [4.78, 5) is 14.4. The topological polar surface area (TPSA) is 107 Å². The summed E-state index contributed by atoms with van der Waals surface area (Å²) in [6, 6.07) is 5.46. The zero-order chi connectivity index (χ0) is 22.6. The number of nitrogens with zero attached hydrogens (tertiary/aromatic N) is 3. The third kappa shape index (κ3) is 5.83. The number of carbonyl (C=O) groups excluding carboxylic acids is 1. The molecule has 2 saturated heterocycles. The molecule has 11 heteroatoms. The van der Waals surface area contributed by atoms with Crippen molar-refractivity contribution in [1.29, 1.82) is 0 Å². The van der Waals surface area contributed by atoms with Crippen molar-refractivity contribution in [3.05, 3.63) is 29.8 Å². The van der Waals surface area contributed by atoms with Gasteiger partial charge in [0.25, 0.3) is 10.2 Å². The standard InChI is InChI=1S/C20H32N4O5S2/c1-17-7-9-19(10-8-17)30(26,27)21-18(2)20(25)22-13-15-24(16-14-22)31(28,29)23-11-5-3-4-6-12-23/h7-10,18,21H,3-6,11-16H2,1-2H3/t18-/m0/s1. The van der Waals surface area contributed by atoms with Gasteiger partial charge in [-0.2, -0.15) is 21.8 Å². The lowest BCUT2D eigenvalue weighted by atomic mass is 10.2. The van der Waals surface area contributed by atoms with Gasteiger partial charge < -0.3 is 4.90 Å². The largest absolute Gasteiger partial charge is 0.339 e. The van der Waals surface area contributed by atoms with Gasteiger partial charge in [-0.15, -0.1) is 0 Å². The molecule has 0 unspecified atom stereocenters. The minimum absolute atomic E-state index is 0.103. The number of hydrogen-bond acceptors (Lipinski definition) is 5. The Hall–Kier alpha value is -1.53. The predicted molar refractivity (Wildman–Crippen MR) is 118 cm³/mol. The molecule has 9 nitrogen and oxygen atoms in total. The molecule has 1 aromatic rings. The molecule has 1 amide bonds. The SMILES string of the molecule is Cc1ccc(S(=O)(=O)N[C@@H](C)C(=O)N2CCN(S(=O)(=O)N3CCCCCC3)CC2)cc1. The quantitative estimate of drug-likeness (QED) is 0.663. The smallest absolute Gasteiger partial charge is 0.282 e. The lowest BCUT2D eigenvalue weighted by Crippen LogP contribution is -2.57. The van der Waals surface area contributed by atoms with Crippen molar-refractivity contribution in [3.8, 4) is 0 Å². The van der Waals surface area contributed by atoms with E-state index in [9.17, 15) is 21.6 Å². The first-order valence-electron chi connectivity index (χ1n) is 10.7. The summed E-state index contributed by atoms with van der Waals surface area (Å²) < 4.78 is 56.4. The maximum absolute atomic E-state index is 12.9. The average molecular weight is 473 g/mol. The van der Waals surface area contributed by atoms with Gasteiger partial charge in [0.1, 0.15) is 0 Å². The molecule has 0 radical (unpaired) electrons. The highest BCUT2D eigenvalue weighted by atomic mass is 32.2. The van der Waals surface area contributed by atoms with Crippen molar-refractivity contribution in [2.24, 2.45) is 0 Å².